The fourth-order valence-electron chi connectivity index (χ4n) is 6.63. The second-order valence-corrected chi connectivity index (χ2v) is 12.0. The third kappa shape index (κ3) is 6.26. The van der Waals surface area contributed by atoms with Crippen LogP contribution in [0.5, 0.6) is 5.75 Å². The van der Waals surface area contributed by atoms with Gasteiger partial charge in [0.2, 0.25) is 5.91 Å². The molecular formula is C36H39N7O2. The van der Waals surface area contributed by atoms with Crippen LogP contribution in [0, 0.1) is 5.92 Å². The quantitative estimate of drug-likeness (QED) is 0.194. The molecule has 9 nitrogen and oxygen atoms in total. The van der Waals surface area contributed by atoms with Gasteiger partial charge in [0.25, 0.3) is 0 Å². The Morgan fingerprint density at radius 3 is 2.64 bits per heavy atom. The van der Waals surface area contributed by atoms with Crippen molar-refractivity contribution in [1.29, 1.82) is 0 Å². The molecule has 1 saturated heterocycles. The Balaban J connectivity index is 1.23. The number of aliphatic imine (C=N–C) groups is 1. The number of benzene rings is 3. The highest BCUT2D eigenvalue weighted by molar-refractivity contribution is 6.03. The molecule has 2 aromatic heterocycles. The summed E-state index contributed by atoms with van der Waals surface area (Å²) in [4.78, 5) is 21.9. The number of para-hydroxylation sites is 1. The van der Waals surface area contributed by atoms with E-state index in [-0.39, 0.29) is 17.9 Å². The second kappa shape index (κ2) is 13.1. The Morgan fingerprint density at radius 2 is 1.80 bits per heavy atom. The van der Waals surface area contributed by atoms with E-state index >= 15 is 0 Å². The number of aromatic nitrogens is 4. The zero-order valence-electron chi connectivity index (χ0n) is 25.6. The van der Waals surface area contributed by atoms with E-state index in [1.165, 1.54) is 11.1 Å². The van der Waals surface area contributed by atoms with E-state index in [2.05, 4.69) is 81.0 Å². The van der Waals surface area contributed by atoms with Crippen LogP contribution in [0.4, 0.5) is 0 Å². The molecule has 2 aliphatic rings. The zero-order chi connectivity index (χ0) is 30.6. The van der Waals surface area contributed by atoms with Gasteiger partial charge in [-0.1, -0.05) is 54.6 Å². The minimum atomic E-state index is -0.351. The van der Waals surface area contributed by atoms with Crippen LogP contribution in [-0.4, -0.2) is 51.6 Å². The van der Waals surface area contributed by atoms with Gasteiger partial charge < -0.3 is 24.9 Å². The molecule has 3 N–H and O–H groups in total. The van der Waals surface area contributed by atoms with Gasteiger partial charge in [0.15, 0.2) is 5.82 Å². The lowest BCUT2D eigenvalue weighted by Gasteiger charge is -2.26. The van der Waals surface area contributed by atoms with Gasteiger partial charge in [0.05, 0.1) is 26.2 Å². The Kier molecular flexibility index (Phi) is 8.42. The molecule has 0 saturated carbocycles. The number of hydrogen-bond donors (Lipinski definition) is 3. The number of amides is 1. The molecule has 230 valence electrons. The van der Waals surface area contributed by atoms with E-state index in [4.69, 9.17) is 19.9 Å². The fourth-order valence-corrected chi connectivity index (χ4v) is 6.63. The van der Waals surface area contributed by atoms with Gasteiger partial charge in [-0.2, -0.15) is 0 Å². The Hall–Kier alpha value is -4.76. The lowest BCUT2D eigenvalue weighted by atomic mass is 9.96. The number of nitrogens with one attached hydrogen (secondary N) is 3. The molecule has 45 heavy (non-hydrogen) atoms. The minimum Gasteiger partial charge on any atom is -0.497 e. The summed E-state index contributed by atoms with van der Waals surface area (Å²) in [7, 11) is 1.68. The maximum atomic E-state index is 13.7. The van der Waals surface area contributed by atoms with E-state index in [1.54, 1.807) is 7.11 Å². The first-order valence-corrected chi connectivity index (χ1v) is 15.9. The summed E-state index contributed by atoms with van der Waals surface area (Å²) in [5.41, 5.74) is 6.93. The summed E-state index contributed by atoms with van der Waals surface area (Å²) in [6.45, 7) is 3.02. The van der Waals surface area contributed by atoms with Crippen molar-refractivity contribution in [3.63, 3.8) is 0 Å². The number of methoxy groups -OCH3 is 1. The number of piperidine rings is 1. The van der Waals surface area contributed by atoms with Crippen LogP contribution in [0.25, 0.3) is 10.9 Å². The van der Waals surface area contributed by atoms with Crippen molar-refractivity contribution in [2.24, 2.45) is 10.9 Å². The van der Waals surface area contributed by atoms with Crippen LogP contribution in [-0.2, 0) is 30.7 Å². The average molecular weight is 602 g/mol. The maximum Gasteiger partial charge on any atom is 0.223 e. The molecule has 2 aliphatic heterocycles. The Labute approximate surface area is 263 Å². The normalized spacial score (nSPS) is 15.5. The Bertz CT molecular complexity index is 1810. The first-order chi connectivity index (χ1) is 22.2. The number of rotatable bonds is 11. The summed E-state index contributed by atoms with van der Waals surface area (Å²) in [6, 6.07) is 24.5. The van der Waals surface area contributed by atoms with Crippen molar-refractivity contribution in [3.8, 4) is 5.75 Å². The lowest BCUT2D eigenvalue weighted by Crippen LogP contribution is -2.41. The molecule has 7 rings (SSSR count). The number of fused-ring (bicyclic) bond motifs is 2. The van der Waals surface area contributed by atoms with Crippen LogP contribution in [0.15, 0.2) is 84.0 Å². The highest BCUT2D eigenvalue weighted by Crippen LogP contribution is 2.27. The summed E-state index contributed by atoms with van der Waals surface area (Å²) in [5.74, 6) is 2.52. The van der Waals surface area contributed by atoms with Gasteiger partial charge in [-0.15, -0.1) is 10.2 Å². The number of carbonyl (C=O) groups is 1. The summed E-state index contributed by atoms with van der Waals surface area (Å²) in [6.07, 6.45) is 5.78. The lowest BCUT2D eigenvalue weighted by molar-refractivity contribution is -0.126. The van der Waals surface area contributed by atoms with Crippen LogP contribution in [0.2, 0.25) is 0 Å². The monoisotopic (exact) mass is 601 g/mol. The van der Waals surface area contributed by atoms with Gasteiger partial charge in [0, 0.05) is 47.1 Å². The topological polar surface area (TPSA) is 109 Å². The number of aromatic amines is 1. The molecule has 4 heterocycles. The van der Waals surface area contributed by atoms with Gasteiger partial charge in [-0.25, -0.2) is 0 Å². The molecule has 0 radical (unpaired) electrons. The molecule has 9 heteroatoms. The highest BCUT2D eigenvalue weighted by atomic mass is 16.5. The van der Waals surface area contributed by atoms with Gasteiger partial charge in [-0.05, 0) is 67.2 Å². The fraction of sp³-hybridized carbons (Fsp3) is 0.333. The molecule has 3 aromatic carbocycles. The predicted octanol–water partition coefficient (Wildman–Crippen LogP) is 5.15. The first kappa shape index (κ1) is 29.0. The third-order valence-electron chi connectivity index (χ3n) is 9.15. The van der Waals surface area contributed by atoms with Crippen LogP contribution in [0.1, 0.15) is 59.2 Å². The van der Waals surface area contributed by atoms with E-state index in [1.807, 2.05) is 18.2 Å². The van der Waals surface area contributed by atoms with E-state index < -0.39 is 0 Å². The van der Waals surface area contributed by atoms with E-state index in [0.717, 1.165) is 84.0 Å². The van der Waals surface area contributed by atoms with Crippen molar-refractivity contribution in [3.05, 3.63) is 113 Å². The van der Waals surface area contributed by atoms with Crippen LogP contribution < -0.4 is 15.4 Å². The molecule has 1 amide bonds. The second-order valence-electron chi connectivity index (χ2n) is 12.0. The number of ether oxygens (including phenoxy) is 1. The molecule has 0 unspecified atom stereocenters. The maximum absolute atomic E-state index is 13.7. The predicted molar refractivity (Wildman–Crippen MR) is 176 cm³/mol. The SMILES string of the molecule is COc1ccc(Cn2c(CCC3=NCc4ccccc43)nnc2[C@@H](Cc2c[nH]c3ccccc23)NC(=O)C2CCNCC2)cc1. The largest absolute Gasteiger partial charge is 0.497 e. The molecule has 5 aromatic rings. The third-order valence-corrected chi connectivity index (χ3v) is 9.15. The molecule has 0 aliphatic carbocycles. The molecule has 1 atom stereocenters. The standard InChI is InChI=1S/C36H39N7O2/c1-45-28-12-10-24(11-13-28)23-43-34(15-14-32-29-7-3-2-6-26(29)21-38-32)41-42-35(43)33(40-36(44)25-16-18-37-19-17-25)20-27-22-39-31-9-5-4-8-30(27)31/h2-13,22,25,33,37,39H,14-21,23H2,1H3,(H,40,44)/t33-/m1/s1. The smallest absolute Gasteiger partial charge is 0.223 e. The van der Waals surface area contributed by atoms with E-state index in [0.29, 0.717) is 19.4 Å². The summed E-state index contributed by atoms with van der Waals surface area (Å²) >= 11 is 0. The Morgan fingerprint density at radius 1 is 1.00 bits per heavy atom. The summed E-state index contributed by atoms with van der Waals surface area (Å²) < 4.78 is 7.61. The summed E-state index contributed by atoms with van der Waals surface area (Å²) in [5, 5.41) is 17.5. The molecule has 1 fully saturated rings. The number of aryl methyl sites for hydroxylation is 1. The molecule has 0 spiro atoms. The zero-order valence-corrected chi connectivity index (χ0v) is 25.6. The van der Waals surface area contributed by atoms with Gasteiger partial charge in [0.1, 0.15) is 11.6 Å². The number of hydrogen-bond acceptors (Lipinski definition) is 6. The van der Waals surface area contributed by atoms with Gasteiger partial charge >= 0.3 is 0 Å². The van der Waals surface area contributed by atoms with Crippen molar-refractivity contribution in [2.45, 2.75) is 51.2 Å². The highest BCUT2D eigenvalue weighted by Gasteiger charge is 2.29. The van der Waals surface area contributed by atoms with Crippen molar-refractivity contribution >= 4 is 22.5 Å². The molecular weight excluding hydrogens is 562 g/mol. The number of carbonyl (C=O) groups excluding carboxylic acids is 1. The average Bonchev–Trinajstić information content (AvgIpc) is 3.81. The van der Waals surface area contributed by atoms with Crippen molar-refractivity contribution in [1.82, 2.24) is 30.4 Å². The number of H-pyrrole nitrogens is 1. The van der Waals surface area contributed by atoms with Crippen LogP contribution in [0.3, 0.4) is 0 Å². The van der Waals surface area contributed by atoms with E-state index in [9.17, 15) is 4.79 Å². The minimum absolute atomic E-state index is 0.0189. The van der Waals surface area contributed by atoms with Crippen molar-refractivity contribution < 1.29 is 9.53 Å². The van der Waals surface area contributed by atoms with Crippen LogP contribution >= 0.6 is 0 Å². The molecule has 0 bridgehead atoms. The number of nitrogens with zero attached hydrogens (tertiary/aromatic N) is 4. The van der Waals surface area contributed by atoms with Crippen molar-refractivity contribution in [2.75, 3.05) is 20.2 Å². The first-order valence-electron chi connectivity index (χ1n) is 15.9. The van der Waals surface area contributed by atoms with Gasteiger partial charge in [-0.3, -0.25) is 9.79 Å².